The van der Waals surface area contributed by atoms with Crippen LogP contribution in [-0.2, 0) is 6.61 Å². The molecule has 0 atom stereocenters. The highest BCUT2D eigenvalue weighted by Crippen LogP contribution is 2.21. The first-order valence-electron chi connectivity index (χ1n) is 7.37. The van der Waals surface area contributed by atoms with E-state index in [-0.39, 0.29) is 6.10 Å². The quantitative estimate of drug-likeness (QED) is 0.937. The molecule has 1 aromatic heterocycles. The summed E-state index contributed by atoms with van der Waals surface area (Å²) >= 11 is 0. The Morgan fingerprint density at radius 1 is 1.10 bits per heavy atom. The van der Waals surface area contributed by atoms with Gasteiger partial charge in [-0.25, -0.2) is 4.98 Å². The molecule has 1 aromatic carbocycles. The van der Waals surface area contributed by atoms with Crippen molar-refractivity contribution in [3.8, 4) is 5.88 Å². The molecule has 0 radical (unpaired) electrons. The number of aliphatic hydroxyl groups is 1. The van der Waals surface area contributed by atoms with Crippen LogP contribution in [0.2, 0.25) is 0 Å². The van der Waals surface area contributed by atoms with Crippen molar-refractivity contribution in [3.63, 3.8) is 0 Å². The molecule has 1 aliphatic rings. The molecule has 0 spiro atoms. The van der Waals surface area contributed by atoms with Crippen LogP contribution in [0.5, 0.6) is 5.88 Å². The lowest BCUT2D eigenvalue weighted by Crippen LogP contribution is -2.35. The van der Waals surface area contributed by atoms with Crippen molar-refractivity contribution in [1.82, 2.24) is 4.98 Å². The molecule has 0 saturated carbocycles. The predicted octanol–water partition coefficient (Wildman–Crippen LogP) is 2.62. The number of piperidine rings is 1. The van der Waals surface area contributed by atoms with E-state index in [4.69, 9.17) is 4.74 Å². The van der Waals surface area contributed by atoms with Gasteiger partial charge in [-0.05, 0) is 24.5 Å². The largest absolute Gasteiger partial charge is 0.473 e. The van der Waals surface area contributed by atoms with Gasteiger partial charge in [0, 0.05) is 19.2 Å². The zero-order chi connectivity index (χ0) is 14.5. The highest BCUT2D eigenvalue weighted by atomic mass is 16.5. The van der Waals surface area contributed by atoms with Gasteiger partial charge in [-0.15, -0.1) is 0 Å². The number of hydrogen-bond acceptors (Lipinski definition) is 4. The van der Waals surface area contributed by atoms with E-state index in [0.717, 1.165) is 37.2 Å². The lowest BCUT2D eigenvalue weighted by molar-refractivity contribution is 0.145. The molecule has 1 aliphatic heterocycles. The Hall–Kier alpha value is -2.07. The topological polar surface area (TPSA) is 45.6 Å². The Morgan fingerprint density at radius 2 is 1.86 bits per heavy atom. The first-order chi connectivity index (χ1) is 10.3. The highest BCUT2D eigenvalue weighted by molar-refractivity contribution is 5.45. The molecule has 0 aliphatic carbocycles. The van der Waals surface area contributed by atoms with Gasteiger partial charge in [-0.1, -0.05) is 30.3 Å². The zero-order valence-electron chi connectivity index (χ0n) is 12.0. The van der Waals surface area contributed by atoms with Crippen molar-refractivity contribution in [2.24, 2.45) is 0 Å². The van der Waals surface area contributed by atoms with Crippen molar-refractivity contribution in [3.05, 3.63) is 54.2 Å². The third-order valence-corrected chi connectivity index (χ3v) is 3.78. The fourth-order valence-electron chi connectivity index (χ4n) is 2.50. The van der Waals surface area contributed by atoms with Crippen LogP contribution in [0.1, 0.15) is 18.4 Å². The molecule has 0 amide bonds. The Labute approximate surface area is 125 Å². The molecule has 2 heterocycles. The third kappa shape index (κ3) is 3.73. The van der Waals surface area contributed by atoms with Crippen LogP contribution < -0.4 is 9.64 Å². The van der Waals surface area contributed by atoms with E-state index in [1.165, 1.54) is 0 Å². The smallest absolute Gasteiger partial charge is 0.213 e. The van der Waals surface area contributed by atoms with Crippen LogP contribution in [0.15, 0.2) is 48.7 Å². The average Bonchev–Trinajstić information content (AvgIpc) is 2.55. The van der Waals surface area contributed by atoms with Crippen molar-refractivity contribution in [2.75, 3.05) is 18.0 Å². The molecule has 21 heavy (non-hydrogen) atoms. The summed E-state index contributed by atoms with van der Waals surface area (Å²) in [6.45, 7) is 2.29. The highest BCUT2D eigenvalue weighted by Gasteiger charge is 2.17. The molecule has 0 unspecified atom stereocenters. The van der Waals surface area contributed by atoms with Gasteiger partial charge in [-0.2, -0.15) is 0 Å². The van der Waals surface area contributed by atoms with Crippen LogP contribution in [-0.4, -0.2) is 29.3 Å². The number of anilines is 1. The Kier molecular flexibility index (Phi) is 4.36. The molecule has 4 nitrogen and oxygen atoms in total. The van der Waals surface area contributed by atoms with Crippen LogP contribution in [0.25, 0.3) is 0 Å². The van der Waals surface area contributed by atoms with E-state index < -0.39 is 0 Å². The summed E-state index contributed by atoms with van der Waals surface area (Å²) in [6, 6.07) is 14.0. The molecule has 0 bridgehead atoms. The third-order valence-electron chi connectivity index (χ3n) is 3.78. The average molecular weight is 284 g/mol. The predicted molar refractivity (Wildman–Crippen MR) is 82.5 cm³/mol. The Morgan fingerprint density at radius 3 is 2.52 bits per heavy atom. The van der Waals surface area contributed by atoms with Crippen molar-refractivity contribution in [2.45, 2.75) is 25.6 Å². The standard InChI is InChI=1S/C17H20N2O2/c20-16-8-10-19(11-9-16)15-6-7-17(18-12-15)21-13-14-4-2-1-3-5-14/h1-7,12,16,20H,8-11,13H2. The molecule has 4 heteroatoms. The normalized spacial score (nSPS) is 16.0. The Bertz CT molecular complexity index is 549. The first-order valence-corrected chi connectivity index (χ1v) is 7.37. The van der Waals surface area contributed by atoms with E-state index in [1.54, 1.807) is 0 Å². The van der Waals surface area contributed by atoms with E-state index in [9.17, 15) is 5.11 Å². The van der Waals surface area contributed by atoms with Gasteiger partial charge in [0.2, 0.25) is 5.88 Å². The number of ether oxygens (including phenoxy) is 1. The van der Waals surface area contributed by atoms with Gasteiger partial charge in [-0.3, -0.25) is 0 Å². The maximum absolute atomic E-state index is 9.53. The summed E-state index contributed by atoms with van der Waals surface area (Å²) in [7, 11) is 0. The summed E-state index contributed by atoms with van der Waals surface area (Å²) in [5.74, 6) is 0.639. The van der Waals surface area contributed by atoms with Gasteiger partial charge in [0.05, 0.1) is 18.0 Å². The molecule has 1 saturated heterocycles. The second-order valence-corrected chi connectivity index (χ2v) is 5.35. The van der Waals surface area contributed by atoms with Gasteiger partial charge in [0.1, 0.15) is 6.61 Å². The maximum Gasteiger partial charge on any atom is 0.213 e. The number of nitrogens with zero attached hydrogens (tertiary/aromatic N) is 2. The fraction of sp³-hybridized carbons (Fsp3) is 0.353. The van der Waals surface area contributed by atoms with Crippen molar-refractivity contribution in [1.29, 1.82) is 0 Å². The van der Waals surface area contributed by atoms with E-state index in [2.05, 4.69) is 9.88 Å². The summed E-state index contributed by atoms with van der Waals surface area (Å²) in [4.78, 5) is 6.61. The summed E-state index contributed by atoms with van der Waals surface area (Å²) in [6.07, 6.45) is 3.35. The second kappa shape index (κ2) is 6.59. The monoisotopic (exact) mass is 284 g/mol. The van der Waals surface area contributed by atoms with Crippen molar-refractivity contribution >= 4 is 5.69 Å². The zero-order valence-corrected chi connectivity index (χ0v) is 12.0. The number of benzene rings is 1. The van der Waals surface area contributed by atoms with Gasteiger partial charge >= 0.3 is 0 Å². The van der Waals surface area contributed by atoms with Crippen LogP contribution in [0.3, 0.4) is 0 Å². The SMILES string of the molecule is OC1CCN(c2ccc(OCc3ccccc3)nc2)CC1. The number of hydrogen-bond donors (Lipinski definition) is 1. The van der Waals surface area contributed by atoms with E-state index in [1.807, 2.05) is 48.7 Å². The van der Waals surface area contributed by atoms with E-state index >= 15 is 0 Å². The van der Waals surface area contributed by atoms with Gasteiger partial charge < -0.3 is 14.7 Å². The molecule has 1 N–H and O–H groups in total. The van der Waals surface area contributed by atoms with Gasteiger partial charge in [0.25, 0.3) is 0 Å². The molecule has 2 aromatic rings. The number of aliphatic hydroxyl groups excluding tert-OH is 1. The second-order valence-electron chi connectivity index (χ2n) is 5.35. The van der Waals surface area contributed by atoms with Crippen molar-refractivity contribution < 1.29 is 9.84 Å². The lowest BCUT2D eigenvalue weighted by atomic mass is 10.1. The van der Waals surface area contributed by atoms with Gasteiger partial charge in [0.15, 0.2) is 0 Å². The summed E-state index contributed by atoms with van der Waals surface area (Å²) < 4.78 is 5.68. The van der Waals surface area contributed by atoms with Crippen LogP contribution in [0, 0.1) is 0 Å². The first kappa shape index (κ1) is 13.9. The minimum Gasteiger partial charge on any atom is -0.473 e. The molecular formula is C17H20N2O2. The molecule has 1 fully saturated rings. The summed E-state index contributed by atoms with van der Waals surface area (Å²) in [5.41, 5.74) is 2.22. The lowest BCUT2D eigenvalue weighted by Gasteiger charge is -2.31. The maximum atomic E-state index is 9.53. The number of aromatic nitrogens is 1. The van der Waals surface area contributed by atoms with E-state index in [0.29, 0.717) is 12.5 Å². The number of rotatable bonds is 4. The molecule has 110 valence electrons. The van der Waals surface area contributed by atoms with Crippen LogP contribution in [0.4, 0.5) is 5.69 Å². The minimum absolute atomic E-state index is 0.150. The molecular weight excluding hydrogens is 264 g/mol. The summed E-state index contributed by atoms with van der Waals surface area (Å²) in [5, 5.41) is 9.53. The minimum atomic E-state index is -0.150. The Balaban J connectivity index is 1.57. The molecule has 3 rings (SSSR count). The van der Waals surface area contributed by atoms with Crippen LogP contribution >= 0.6 is 0 Å². The fourth-order valence-corrected chi connectivity index (χ4v) is 2.50. The number of pyridine rings is 1.